The SMILES string of the molecule is CC(C)(C)C1CCC=CN1. The summed E-state index contributed by atoms with van der Waals surface area (Å²) in [5, 5.41) is 3.38. The van der Waals surface area contributed by atoms with Crippen LogP contribution in [0.3, 0.4) is 0 Å². The van der Waals surface area contributed by atoms with E-state index in [1.165, 1.54) is 12.8 Å². The number of rotatable bonds is 0. The van der Waals surface area contributed by atoms with E-state index < -0.39 is 0 Å². The van der Waals surface area contributed by atoms with Gasteiger partial charge >= 0.3 is 0 Å². The Labute approximate surface area is 63.5 Å². The molecule has 0 spiro atoms. The Morgan fingerprint density at radius 2 is 2.10 bits per heavy atom. The Kier molecular flexibility index (Phi) is 2.02. The topological polar surface area (TPSA) is 12.0 Å². The van der Waals surface area contributed by atoms with E-state index in [9.17, 15) is 0 Å². The highest BCUT2D eigenvalue weighted by Crippen LogP contribution is 2.24. The fraction of sp³-hybridized carbons (Fsp3) is 0.778. The van der Waals surface area contributed by atoms with Crippen LogP contribution in [0.25, 0.3) is 0 Å². The molecule has 0 fully saturated rings. The Morgan fingerprint density at radius 3 is 2.40 bits per heavy atom. The van der Waals surface area contributed by atoms with Crippen LogP contribution in [0.2, 0.25) is 0 Å². The van der Waals surface area contributed by atoms with Gasteiger partial charge in [0.2, 0.25) is 0 Å². The third-order valence-electron chi connectivity index (χ3n) is 2.08. The lowest BCUT2D eigenvalue weighted by molar-refractivity contribution is 0.270. The van der Waals surface area contributed by atoms with Crippen molar-refractivity contribution in [2.24, 2.45) is 5.41 Å². The van der Waals surface area contributed by atoms with Gasteiger partial charge in [0.25, 0.3) is 0 Å². The number of allylic oxidation sites excluding steroid dienone is 1. The molecule has 0 aliphatic carbocycles. The van der Waals surface area contributed by atoms with E-state index in [1.54, 1.807) is 0 Å². The van der Waals surface area contributed by atoms with Gasteiger partial charge in [0.15, 0.2) is 0 Å². The Balaban J connectivity index is 2.49. The van der Waals surface area contributed by atoms with E-state index in [1.807, 2.05) is 0 Å². The van der Waals surface area contributed by atoms with Crippen molar-refractivity contribution in [1.82, 2.24) is 5.32 Å². The molecule has 0 saturated carbocycles. The van der Waals surface area contributed by atoms with E-state index in [4.69, 9.17) is 0 Å². The summed E-state index contributed by atoms with van der Waals surface area (Å²) in [6.07, 6.45) is 6.79. The molecule has 1 N–H and O–H groups in total. The standard InChI is InChI=1S/C9H17N/c1-9(2,3)8-6-4-5-7-10-8/h5,7-8,10H,4,6H2,1-3H3. The van der Waals surface area contributed by atoms with Crippen LogP contribution in [0.15, 0.2) is 12.3 Å². The maximum atomic E-state index is 3.38. The Bertz CT molecular complexity index is 130. The van der Waals surface area contributed by atoms with Crippen LogP contribution in [-0.4, -0.2) is 6.04 Å². The molecule has 1 aliphatic rings. The number of hydrogen-bond donors (Lipinski definition) is 1. The minimum Gasteiger partial charge on any atom is -0.388 e. The average Bonchev–Trinajstić information content (AvgIpc) is 1.88. The van der Waals surface area contributed by atoms with Crippen molar-refractivity contribution in [3.05, 3.63) is 12.3 Å². The van der Waals surface area contributed by atoms with Gasteiger partial charge in [0.05, 0.1) is 0 Å². The van der Waals surface area contributed by atoms with Crippen LogP contribution >= 0.6 is 0 Å². The van der Waals surface area contributed by atoms with E-state index >= 15 is 0 Å². The fourth-order valence-corrected chi connectivity index (χ4v) is 1.30. The third kappa shape index (κ3) is 1.76. The molecule has 1 rings (SSSR count). The highest BCUT2D eigenvalue weighted by Gasteiger charge is 2.23. The molecule has 1 unspecified atom stereocenters. The molecule has 1 nitrogen and oxygen atoms in total. The molecule has 0 aromatic rings. The van der Waals surface area contributed by atoms with Crippen molar-refractivity contribution in [2.45, 2.75) is 39.7 Å². The Hall–Kier alpha value is -0.460. The smallest absolute Gasteiger partial charge is 0.0307 e. The maximum Gasteiger partial charge on any atom is 0.0307 e. The van der Waals surface area contributed by atoms with Gasteiger partial charge in [-0.1, -0.05) is 26.8 Å². The molecular weight excluding hydrogens is 122 g/mol. The van der Waals surface area contributed by atoms with Crippen LogP contribution in [0.4, 0.5) is 0 Å². The zero-order chi connectivity index (χ0) is 7.61. The van der Waals surface area contributed by atoms with Gasteiger partial charge in [0, 0.05) is 6.04 Å². The van der Waals surface area contributed by atoms with Crippen LogP contribution < -0.4 is 5.32 Å². The van der Waals surface area contributed by atoms with Gasteiger partial charge in [-0.2, -0.15) is 0 Å². The molecule has 1 heterocycles. The molecule has 10 heavy (non-hydrogen) atoms. The summed E-state index contributed by atoms with van der Waals surface area (Å²) in [6.45, 7) is 6.84. The normalized spacial score (nSPS) is 26.1. The summed E-state index contributed by atoms with van der Waals surface area (Å²) in [5.74, 6) is 0. The van der Waals surface area contributed by atoms with Gasteiger partial charge in [-0.25, -0.2) is 0 Å². The summed E-state index contributed by atoms with van der Waals surface area (Å²) in [7, 11) is 0. The lowest BCUT2D eigenvalue weighted by Crippen LogP contribution is -2.38. The van der Waals surface area contributed by atoms with Crippen molar-refractivity contribution < 1.29 is 0 Å². The molecule has 1 heteroatoms. The molecule has 0 radical (unpaired) electrons. The van der Waals surface area contributed by atoms with Crippen molar-refractivity contribution in [3.8, 4) is 0 Å². The van der Waals surface area contributed by atoms with Gasteiger partial charge in [-0.15, -0.1) is 0 Å². The first-order chi connectivity index (χ1) is 4.61. The fourth-order valence-electron chi connectivity index (χ4n) is 1.30. The van der Waals surface area contributed by atoms with Gasteiger partial charge < -0.3 is 5.32 Å². The predicted molar refractivity (Wildman–Crippen MR) is 44.8 cm³/mol. The van der Waals surface area contributed by atoms with Crippen molar-refractivity contribution in [3.63, 3.8) is 0 Å². The maximum absolute atomic E-state index is 3.38. The van der Waals surface area contributed by atoms with E-state index in [0.29, 0.717) is 11.5 Å². The summed E-state index contributed by atoms with van der Waals surface area (Å²) in [5.41, 5.74) is 0.408. The molecule has 0 aromatic heterocycles. The molecule has 0 aromatic carbocycles. The molecule has 1 aliphatic heterocycles. The highest BCUT2D eigenvalue weighted by molar-refractivity contribution is 4.94. The quantitative estimate of drug-likeness (QED) is 0.543. The van der Waals surface area contributed by atoms with Crippen LogP contribution in [0.5, 0.6) is 0 Å². The third-order valence-corrected chi connectivity index (χ3v) is 2.08. The first-order valence-corrected chi connectivity index (χ1v) is 4.02. The molecule has 58 valence electrons. The zero-order valence-electron chi connectivity index (χ0n) is 7.15. The van der Waals surface area contributed by atoms with Crippen molar-refractivity contribution in [1.29, 1.82) is 0 Å². The second kappa shape index (κ2) is 2.65. The minimum absolute atomic E-state index is 0.408. The minimum atomic E-state index is 0.408. The summed E-state index contributed by atoms with van der Waals surface area (Å²) < 4.78 is 0. The molecule has 0 bridgehead atoms. The average molecular weight is 139 g/mol. The lowest BCUT2D eigenvalue weighted by Gasteiger charge is -2.32. The molecule has 1 atom stereocenters. The van der Waals surface area contributed by atoms with Crippen molar-refractivity contribution in [2.75, 3.05) is 0 Å². The molecule has 0 saturated heterocycles. The second-order valence-electron chi connectivity index (χ2n) is 4.06. The Morgan fingerprint density at radius 1 is 1.40 bits per heavy atom. The largest absolute Gasteiger partial charge is 0.388 e. The van der Waals surface area contributed by atoms with Gasteiger partial charge in [0.1, 0.15) is 0 Å². The number of nitrogens with one attached hydrogen (secondary N) is 1. The van der Waals surface area contributed by atoms with Gasteiger partial charge in [-0.3, -0.25) is 0 Å². The van der Waals surface area contributed by atoms with Crippen LogP contribution in [-0.2, 0) is 0 Å². The van der Waals surface area contributed by atoms with Gasteiger partial charge in [-0.05, 0) is 24.5 Å². The summed E-state index contributed by atoms with van der Waals surface area (Å²) >= 11 is 0. The monoisotopic (exact) mass is 139 g/mol. The summed E-state index contributed by atoms with van der Waals surface area (Å²) in [4.78, 5) is 0. The molecular formula is C9H17N. The van der Waals surface area contributed by atoms with Crippen LogP contribution in [0.1, 0.15) is 33.6 Å². The number of hydrogen-bond acceptors (Lipinski definition) is 1. The molecule has 0 amide bonds. The zero-order valence-corrected chi connectivity index (χ0v) is 7.15. The van der Waals surface area contributed by atoms with E-state index in [2.05, 4.69) is 38.4 Å². The summed E-state index contributed by atoms with van der Waals surface area (Å²) in [6, 6.07) is 0.664. The highest BCUT2D eigenvalue weighted by atomic mass is 14.9. The van der Waals surface area contributed by atoms with Crippen molar-refractivity contribution >= 4 is 0 Å². The predicted octanol–water partition coefficient (Wildman–Crippen LogP) is 2.30. The second-order valence-corrected chi connectivity index (χ2v) is 4.06. The first kappa shape index (κ1) is 7.64. The lowest BCUT2D eigenvalue weighted by atomic mass is 9.83. The van der Waals surface area contributed by atoms with E-state index in [0.717, 1.165) is 0 Å². The first-order valence-electron chi connectivity index (χ1n) is 4.02. The van der Waals surface area contributed by atoms with Crippen LogP contribution in [0, 0.1) is 5.41 Å². The van der Waals surface area contributed by atoms with E-state index in [-0.39, 0.29) is 0 Å².